The van der Waals surface area contributed by atoms with Crippen molar-refractivity contribution in [2.45, 2.75) is 11.1 Å². The highest BCUT2D eigenvalue weighted by molar-refractivity contribution is 7.89. The molecule has 0 saturated heterocycles. The minimum atomic E-state index is -4.57. The van der Waals surface area contributed by atoms with Crippen LogP contribution in [-0.2, 0) is 16.2 Å². The van der Waals surface area contributed by atoms with Crippen molar-refractivity contribution in [2.24, 2.45) is 5.14 Å². The predicted molar refractivity (Wildman–Crippen MR) is 108 cm³/mol. The van der Waals surface area contributed by atoms with E-state index in [2.05, 4.69) is 0 Å². The Bertz CT molecular complexity index is 1140. The Morgan fingerprint density at radius 1 is 0.862 bits per heavy atom. The Balaban J connectivity index is 2.36. The molecule has 0 heterocycles. The Hall–Kier alpha value is -2.84. The molecule has 152 valence electrons. The molecule has 8 heteroatoms. The lowest BCUT2D eigenvalue weighted by molar-refractivity contribution is -0.137. The molecule has 3 rings (SSSR count). The molecule has 0 unspecified atom stereocenters. The Kier molecular flexibility index (Phi) is 5.42. The number of hydrogen-bond donors (Lipinski definition) is 1. The molecule has 4 nitrogen and oxygen atoms in total. The van der Waals surface area contributed by atoms with Crippen molar-refractivity contribution in [3.63, 3.8) is 0 Å². The van der Waals surface area contributed by atoms with Gasteiger partial charge in [0.05, 0.1) is 10.5 Å². The topological polar surface area (TPSA) is 63.4 Å². The lowest BCUT2D eigenvalue weighted by atomic mass is 9.93. The van der Waals surface area contributed by atoms with Crippen molar-refractivity contribution >= 4 is 15.7 Å². The second-order valence-corrected chi connectivity index (χ2v) is 8.24. The maximum atomic E-state index is 13.7. The third kappa shape index (κ3) is 4.28. The summed E-state index contributed by atoms with van der Waals surface area (Å²) in [4.78, 5) is 1.23. The van der Waals surface area contributed by atoms with Crippen molar-refractivity contribution in [1.29, 1.82) is 0 Å². The smallest absolute Gasteiger partial charge is 0.377 e. The highest BCUT2D eigenvalue weighted by Gasteiger charge is 2.34. The number of nitrogens with zero attached hydrogens (tertiary/aromatic N) is 1. The molecule has 0 radical (unpaired) electrons. The van der Waals surface area contributed by atoms with E-state index in [1.165, 1.54) is 37.2 Å². The van der Waals surface area contributed by atoms with Gasteiger partial charge in [-0.25, -0.2) is 13.6 Å². The van der Waals surface area contributed by atoms with Gasteiger partial charge in [-0.15, -0.1) is 0 Å². The first kappa shape index (κ1) is 20.9. The molecule has 0 saturated carbocycles. The Labute approximate surface area is 167 Å². The van der Waals surface area contributed by atoms with Gasteiger partial charge in [0.1, 0.15) is 0 Å². The van der Waals surface area contributed by atoms with Crippen molar-refractivity contribution < 1.29 is 21.6 Å². The van der Waals surface area contributed by atoms with Gasteiger partial charge in [0.15, 0.2) is 0 Å². The van der Waals surface area contributed by atoms with Crippen LogP contribution in [0.2, 0.25) is 0 Å². The zero-order valence-corrected chi connectivity index (χ0v) is 16.6. The summed E-state index contributed by atoms with van der Waals surface area (Å²) < 4.78 is 65.3. The number of benzene rings is 3. The average Bonchev–Trinajstić information content (AvgIpc) is 2.66. The summed E-state index contributed by atoms with van der Waals surface area (Å²) >= 11 is 0. The molecule has 0 aliphatic rings. The van der Waals surface area contributed by atoms with E-state index in [9.17, 15) is 21.6 Å². The fourth-order valence-electron chi connectivity index (χ4n) is 3.23. The normalized spacial score (nSPS) is 12.1. The number of nitrogens with two attached hydrogens (primary N) is 1. The van der Waals surface area contributed by atoms with Crippen LogP contribution in [0.3, 0.4) is 0 Å². The fraction of sp³-hybridized carbons (Fsp3) is 0.143. The maximum Gasteiger partial charge on any atom is 0.418 e. The van der Waals surface area contributed by atoms with Gasteiger partial charge < -0.3 is 4.90 Å². The monoisotopic (exact) mass is 420 g/mol. The molecule has 0 aliphatic carbocycles. The summed E-state index contributed by atoms with van der Waals surface area (Å²) in [7, 11) is -1.04. The molecule has 3 aromatic carbocycles. The highest BCUT2D eigenvalue weighted by Crippen LogP contribution is 2.42. The van der Waals surface area contributed by atoms with Crippen molar-refractivity contribution in [3.8, 4) is 22.3 Å². The Morgan fingerprint density at radius 3 is 2.07 bits per heavy atom. The predicted octanol–water partition coefficient (Wildman–Crippen LogP) is 4.75. The van der Waals surface area contributed by atoms with Gasteiger partial charge >= 0.3 is 6.18 Å². The van der Waals surface area contributed by atoms with E-state index >= 15 is 0 Å². The van der Waals surface area contributed by atoms with Crippen LogP contribution in [0.4, 0.5) is 18.9 Å². The summed E-state index contributed by atoms with van der Waals surface area (Å²) in [6, 6.07) is 16.9. The lowest BCUT2D eigenvalue weighted by Gasteiger charge is -2.21. The molecule has 29 heavy (non-hydrogen) atoms. The van der Waals surface area contributed by atoms with Crippen LogP contribution in [0.25, 0.3) is 22.3 Å². The third-order valence-corrected chi connectivity index (χ3v) is 5.44. The lowest BCUT2D eigenvalue weighted by Crippen LogP contribution is -2.16. The molecular weight excluding hydrogens is 401 g/mol. The van der Waals surface area contributed by atoms with Gasteiger partial charge in [-0.05, 0) is 34.9 Å². The number of alkyl halides is 3. The highest BCUT2D eigenvalue weighted by atomic mass is 32.2. The maximum absolute atomic E-state index is 13.7. The van der Waals surface area contributed by atoms with E-state index in [1.54, 1.807) is 42.5 Å². The summed E-state index contributed by atoms with van der Waals surface area (Å²) in [5.41, 5.74) is 0.606. The first-order chi connectivity index (χ1) is 13.5. The summed E-state index contributed by atoms with van der Waals surface area (Å²) in [5, 5.41) is 5.39. The largest absolute Gasteiger partial charge is 0.418 e. The van der Waals surface area contributed by atoms with E-state index in [0.717, 1.165) is 6.07 Å². The van der Waals surface area contributed by atoms with Crippen LogP contribution in [0.5, 0.6) is 0 Å². The van der Waals surface area contributed by atoms with Crippen molar-refractivity contribution in [2.75, 3.05) is 19.0 Å². The second-order valence-electron chi connectivity index (χ2n) is 6.71. The van der Waals surface area contributed by atoms with E-state index in [-0.39, 0.29) is 21.7 Å². The van der Waals surface area contributed by atoms with Crippen molar-refractivity contribution in [1.82, 2.24) is 0 Å². The fourth-order valence-corrected chi connectivity index (χ4v) is 4.01. The number of sulfonamides is 1. The first-order valence-electron chi connectivity index (χ1n) is 8.60. The zero-order valence-electron chi connectivity index (χ0n) is 15.7. The summed E-state index contributed by atoms with van der Waals surface area (Å²) in [6.45, 7) is 0. The summed E-state index contributed by atoms with van der Waals surface area (Å²) in [5.74, 6) is 0. The molecule has 0 amide bonds. The van der Waals surface area contributed by atoms with Crippen LogP contribution in [0, 0.1) is 0 Å². The molecule has 0 fully saturated rings. The van der Waals surface area contributed by atoms with Gasteiger partial charge in [0, 0.05) is 25.3 Å². The molecule has 0 bridgehead atoms. The van der Waals surface area contributed by atoms with Gasteiger partial charge in [-0.1, -0.05) is 48.5 Å². The molecule has 0 spiro atoms. The van der Waals surface area contributed by atoms with E-state index in [0.29, 0.717) is 11.1 Å². The molecular formula is C21H19F3N2O2S. The molecule has 0 atom stereocenters. The van der Waals surface area contributed by atoms with Gasteiger partial charge in [0.2, 0.25) is 10.0 Å². The SMILES string of the molecule is CN(C)c1ccc(-c2cccc(S(N)(=O)=O)c2-c2ccccc2)cc1C(F)(F)F. The van der Waals surface area contributed by atoms with Crippen LogP contribution in [0.15, 0.2) is 71.6 Å². The van der Waals surface area contributed by atoms with Crippen LogP contribution in [-0.4, -0.2) is 22.5 Å². The van der Waals surface area contributed by atoms with Gasteiger partial charge in [0.25, 0.3) is 0 Å². The quantitative estimate of drug-likeness (QED) is 0.662. The summed E-state index contributed by atoms with van der Waals surface area (Å²) in [6.07, 6.45) is -4.57. The molecule has 2 N–H and O–H groups in total. The average molecular weight is 420 g/mol. The second kappa shape index (κ2) is 7.53. The van der Waals surface area contributed by atoms with Gasteiger partial charge in [-0.2, -0.15) is 13.2 Å². The van der Waals surface area contributed by atoms with Gasteiger partial charge in [-0.3, -0.25) is 0 Å². The molecule has 0 aliphatic heterocycles. The number of rotatable bonds is 4. The van der Waals surface area contributed by atoms with Crippen molar-refractivity contribution in [3.05, 3.63) is 72.3 Å². The Morgan fingerprint density at radius 2 is 1.52 bits per heavy atom. The molecule has 3 aromatic rings. The van der Waals surface area contributed by atoms with E-state index < -0.39 is 21.8 Å². The van der Waals surface area contributed by atoms with Crippen LogP contribution >= 0.6 is 0 Å². The standard InChI is InChI=1S/C21H19F3N2O2S/c1-26(2)18-12-11-15(13-17(18)21(22,23)24)16-9-6-10-19(29(25,27)28)20(16)14-7-4-3-5-8-14/h3-13H,1-2H3,(H2,25,27,28). The first-order valence-corrected chi connectivity index (χ1v) is 10.1. The number of anilines is 1. The zero-order chi connectivity index (χ0) is 21.4. The molecule has 0 aromatic heterocycles. The van der Waals surface area contributed by atoms with E-state index in [4.69, 9.17) is 5.14 Å². The minimum Gasteiger partial charge on any atom is -0.377 e. The number of hydrogen-bond acceptors (Lipinski definition) is 3. The van der Waals surface area contributed by atoms with Crippen LogP contribution in [0.1, 0.15) is 5.56 Å². The van der Waals surface area contributed by atoms with E-state index in [1.807, 2.05) is 0 Å². The van der Waals surface area contributed by atoms with Crippen LogP contribution < -0.4 is 10.0 Å². The number of primary sulfonamides is 1. The minimum absolute atomic E-state index is 0.0186. The number of halogens is 3. The third-order valence-electron chi connectivity index (χ3n) is 4.49.